The Hall–Kier alpha value is -3.54. The van der Waals surface area contributed by atoms with E-state index >= 15 is 0 Å². The number of Topliss-reactive ketones (excluding diaryl/α,β-unsaturated/α-hetero) is 1. The van der Waals surface area contributed by atoms with Crippen LogP contribution in [-0.2, 0) is 6.42 Å². The van der Waals surface area contributed by atoms with Gasteiger partial charge in [-0.1, -0.05) is 24.3 Å². The third kappa shape index (κ3) is 5.23. The van der Waals surface area contributed by atoms with Crippen molar-refractivity contribution in [3.8, 4) is 0 Å². The molecule has 0 bridgehead atoms. The zero-order valence-electron chi connectivity index (χ0n) is 15.4. The Morgan fingerprint density at radius 1 is 1.00 bits per heavy atom. The minimum Gasteiger partial charge on any atom is -0.354 e. The highest BCUT2D eigenvalue weighted by Crippen LogP contribution is 2.17. The van der Waals surface area contributed by atoms with Crippen molar-refractivity contribution >= 4 is 23.1 Å². The Bertz CT molecular complexity index is 970. The van der Waals surface area contributed by atoms with Crippen LogP contribution >= 0.6 is 0 Å². The van der Waals surface area contributed by atoms with Crippen LogP contribution in [0.1, 0.15) is 33.3 Å². The average molecular weight is 377 g/mol. The van der Waals surface area contributed by atoms with Crippen LogP contribution in [0.2, 0.25) is 0 Å². The summed E-state index contributed by atoms with van der Waals surface area (Å²) in [6.45, 7) is 1.95. The highest BCUT2D eigenvalue weighted by Gasteiger charge is 2.07. The monoisotopic (exact) mass is 377 g/mol. The van der Waals surface area contributed by atoms with Crippen molar-refractivity contribution in [3.63, 3.8) is 0 Å². The van der Waals surface area contributed by atoms with Crippen molar-refractivity contribution in [1.82, 2.24) is 10.3 Å². The van der Waals surface area contributed by atoms with Gasteiger partial charge < -0.3 is 10.6 Å². The Balaban J connectivity index is 1.54. The minimum absolute atomic E-state index is 0.00516. The van der Waals surface area contributed by atoms with E-state index in [4.69, 9.17) is 0 Å². The second kappa shape index (κ2) is 8.90. The molecule has 0 unspecified atom stereocenters. The molecule has 0 saturated heterocycles. The second-order valence-corrected chi connectivity index (χ2v) is 6.33. The molecule has 1 heterocycles. The first-order valence-corrected chi connectivity index (χ1v) is 8.88. The van der Waals surface area contributed by atoms with Gasteiger partial charge in [0, 0.05) is 17.8 Å². The number of carbonyl (C=O) groups is 2. The zero-order valence-corrected chi connectivity index (χ0v) is 15.4. The molecule has 142 valence electrons. The molecule has 1 aromatic heterocycles. The number of carbonyl (C=O) groups excluding carboxylic acids is 2. The summed E-state index contributed by atoms with van der Waals surface area (Å²) in [7, 11) is 0. The van der Waals surface area contributed by atoms with Gasteiger partial charge in [0.2, 0.25) is 0 Å². The lowest BCUT2D eigenvalue weighted by atomic mass is 10.1. The summed E-state index contributed by atoms with van der Waals surface area (Å²) in [5.41, 5.74) is 3.36. The van der Waals surface area contributed by atoms with Gasteiger partial charge in [0.15, 0.2) is 5.78 Å². The number of nitrogens with one attached hydrogen (secondary N) is 2. The van der Waals surface area contributed by atoms with Crippen LogP contribution < -0.4 is 10.6 Å². The molecule has 6 heteroatoms. The normalized spacial score (nSPS) is 10.4. The lowest BCUT2D eigenvalue weighted by Crippen LogP contribution is -2.26. The molecule has 0 fully saturated rings. The number of anilines is 2. The Morgan fingerprint density at radius 3 is 2.46 bits per heavy atom. The first-order valence-electron chi connectivity index (χ1n) is 8.88. The van der Waals surface area contributed by atoms with Crippen molar-refractivity contribution < 1.29 is 14.0 Å². The van der Waals surface area contributed by atoms with Gasteiger partial charge in [-0.15, -0.1) is 0 Å². The van der Waals surface area contributed by atoms with E-state index in [1.54, 1.807) is 48.7 Å². The van der Waals surface area contributed by atoms with E-state index in [0.29, 0.717) is 29.9 Å². The van der Waals surface area contributed by atoms with Crippen LogP contribution in [0, 0.1) is 5.82 Å². The predicted octanol–water partition coefficient (Wildman–Crippen LogP) is 4.14. The average Bonchev–Trinajstić information content (AvgIpc) is 2.70. The fourth-order valence-electron chi connectivity index (χ4n) is 2.65. The van der Waals surface area contributed by atoms with Crippen LogP contribution in [-0.4, -0.2) is 23.2 Å². The van der Waals surface area contributed by atoms with Crippen molar-refractivity contribution in [1.29, 1.82) is 0 Å². The molecule has 5 nitrogen and oxygen atoms in total. The first kappa shape index (κ1) is 19.2. The topological polar surface area (TPSA) is 71.1 Å². The molecule has 3 aromatic rings. The van der Waals surface area contributed by atoms with Gasteiger partial charge in [0.05, 0.1) is 11.9 Å². The zero-order chi connectivity index (χ0) is 19.9. The van der Waals surface area contributed by atoms with Gasteiger partial charge >= 0.3 is 0 Å². The van der Waals surface area contributed by atoms with Crippen LogP contribution in [0.15, 0.2) is 66.9 Å². The van der Waals surface area contributed by atoms with E-state index in [2.05, 4.69) is 15.6 Å². The van der Waals surface area contributed by atoms with Gasteiger partial charge in [-0.05, 0) is 55.3 Å². The quantitative estimate of drug-likeness (QED) is 0.607. The molecule has 0 aliphatic rings. The van der Waals surface area contributed by atoms with Crippen LogP contribution in [0.25, 0.3) is 0 Å². The molecule has 28 heavy (non-hydrogen) atoms. The first-order chi connectivity index (χ1) is 13.5. The number of halogens is 1. The molecule has 2 aromatic carbocycles. The second-order valence-electron chi connectivity index (χ2n) is 6.33. The fraction of sp³-hybridized carbons (Fsp3) is 0.136. The molecule has 0 aliphatic heterocycles. The summed E-state index contributed by atoms with van der Waals surface area (Å²) in [5, 5.41) is 5.96. The van der Waals surface area contributed by atoms with Crippen LogP contribution in [0.3, 0.4) is 0 Å². The summed E-state index contributed by atoms with van der Waals surface area (Å²) in [4.78, 5) is 27.8. The molecule has 0 saturated carbocycles. The van der Waals surface area contributed by atoms with Gasteiger partial charge in [-0.2, -0.15) is 0 Å². The van der Waals surface area contributed by atoms with Crippen molar-refractivity contribution in [3.05, 3.63) is 89.5 Å². The third-order valence-corrected chi connectivity index (χ3v) is 4.17. The van der Waals surface area contributed by atoms with Gasteiger partial charge in [0.25, 0.3) is 5.91 Å². The molecule has 0 atom stereocenters. The standard InChI is InChI=1S/C22H20FN3O2/c1-15(27)17-3-2-4-19(13-17)26-20-9-10-21(25-14-20)22(28)24-12-11-16-5-7-18(23)8-6-16/h2-10,13-14,26H,11-12H2,1H3,(H,24,28). The van der Waals surface area contributed by atoms with E-state index in [9.17, 15) is 14.0 Å². The smallest absolute Gasteiger partial charge is 0.269 e. The summed E-state index contributed by atoms with van der Waals surface area (Å²) < 4.78 is 12.9. The summed E-state index contributed by atoms with van der Waals surface area (Å²) >= 11 is 0. The van der Waals surface area contributed by atoms with Crippen molar-refractivity contribution in [2.24, 2.45) is 0 Å². The van der Waals surface area contributed by atoms with E-state index in [1.165, 1.54) is 19.1 Å². The maximum absolute atomic E-state index is 12.9. The number of benzene rings is 2. The van der Waals surface area contributed by atoms with Crippen LogP contribution in [0.4, 0.5) is 15.8 Å². The lowest BCUT2D eigenvalue weighted by molar-refractivity contribution is 0.0948. The molecular formula is C22H20FN3O2. The molecular weight excluding hydrogens is 357 g/mol. The molecule has 0 aliphatic carbocycles. The molecule has 2 N–H and O–H groups in total. The molecule has 3 rings (SSSR count). The predicted molar refractivity (Wildman–Crippen MR) is 106 cm³/mol. The SMILES string of the molecule is CC(=O)c1cccc(Nc2ccc(C(=O)NCCc3ccc(F)cc3)nc2)c1. The minimum atomic E-state index is -0.279. The Morgan fingerprint density at radius 2 is 1.79 bits per heavy atom. The lowest BCUT2D eigenvalue weighted by Gasteiger charge is -2.08. The third-order valence-electron chi connectivity index (χ3n) is 4.17. The Labute approximate surface area is 162 Å². The number of hydrogen-bond acceptors (Lipinski definition) is 4. The van der Waals surface area contributed by atoms with E-state index in [1.807, 2.05) is 6.07 Å². The molecule has 0 spiro atoms. The summed E-state index contributed by atoms with van der Waals surface area (Å²) in [6, 6.07) is 16.7. The van der Waals surface area contributed by atoms with Gasteiger partial charge in [0.1, 0.15) is 11.5 Å². The molecule has 0 radical (unpaired) electrons. The number of pyridine rings is 1. The van der Waals surface area contributed by atoms with Crippen LogP contribution in [0.5, 0.6) is 0 Å². The molecule has 1 amide bonds. The number of aromatic nitrogens is 1. The maximum Gasteiger partial charge on any atom is 0.269 e. The largest absolute Gasteiger partial charge is 0.354 e. The summed E-state index contributed by atoms with van der Waals surface area (Å²) in [5.74, 6) is -0.555. The van der Waals surface area contributed by atoms with Gasteiger partial charge in [-0.3, -0.25) is 9.59 Å². The maximum atomic E-state index is 12.9. The summed E-state index contributed by atoms with van der Waals surface area (Å²) in [6.07, 6.45) is 2.17. The highest BCUT2D eigenvalue weighted by molar-refractivity contribution is 5.95. The fourth-order valence-corrected chi connectivity index (χ4v) is 2.65. The van der Waals surface area contributed by atoms with Gasteiger partial charge in [-0.25, -0.2) is 9.37 Å². The number of rotatable bonds is 7. The van der Waals surface area contributed by atoms with E-state index in [-0.39, 0.29) is 17.5 Å². The van der Waals surface area contributed by atoms with Crippen molar-refractivity contribution in [2.45, 2.75) is 13.3 Å². The number of nitrogens with zero attached hydrogens (tertiary/aromatic N) is 1. The van der Waals surface area contributed by atoms with E-state index in [0.717, 1.165) is 11.3 Å². The van der Waals surface area contributed by atoms with E-state index < -0.39 is 0 Å². The highest BCUT2D eigenvalue weighted by atomic mass is 19.1. The Kier molecular flexibility index (Phi) is 6.11. The number of ketones is 1. The number of amides is 1. The van der Waals surface area contributed by atoms with Crippen molar-refractivity contribution in [2.75, 3.05) is 11.9 Å². The number of hydrogen-bond donors (Lipinski definition) is 2.